The molecule has 0 aromatic heterocycles. The molecule has 3 aromatic carbocycles. The van der Waals surface area contributed by atoms with E-state index in [0.717, 1.165) is 16.2 Å². The summed E-state index contributed by atoms with van der Waals surface area (Å²) < 4.78 is 19.8. The summed E-state index contributed by atoms with van der Waals surface area (Å²) in [5.74, 6) is 0. The summed E-state index contributed by atoms with van der Waals surface area (Å²) >= 11 is 0. The van der Waals surface area contributed by atoms with Crippen LogP contribution in [-0.2, 0) is 9.30 Å². The monoisotopic (exact) mass is 389 g/mol. The van der Waals surface area contributed by atoms with E-state index in [-0.39, 0.29) is 0 Å². The topological polar surface area (TPSA) is 46.6 Å². The van der Waals surface area contributed by atoms with Gasteiger partial charge in [-0.05, 0) is 5.56 Å². The van der Waals surface area contributed by atoms with Crippen LogP contribution in [0.1, 0.15) is 5.56 Å². The van der Waals surface area contributed by atoms with E-state index in [1.165, 1.54) is 4.90 Å². The third-order valence-corrected chi connectivity index (χ3v) is 7.82. The van der Waals surface area contributed by atoms with Crippen LogP contribution >= 0.6 is 7.14 Å². The second kappa shape index (κ2) is 7.87. The molecule has 1 saturated heterocycles. The van der Waals surface area contributed by atoms with Crippen LogP contribution in [0.2, 0.25) is 0 Å². The second-order valence-corrected chi connectivity index (χ2v) is 9.20. The lowest BCUT2D eigenvalue weighted by Gasteiger charge is -2.24. The maximum absolute atomic E-state index is 14.8. The van der Waals surface area contributed by atoms with Crippen molar-refractivity contribution in [3.8, 4) is 0 Å². The predicted molar refractivity (Wildman–Crippen MR) is 112 cm³/mol. The molecule has 0 bridgehead atoms. The quantitative estimate of drug-likeness (QED) is 0.606. The summed E-state index contributed by atoms with van der Waals surface area (Å²) in [6.45, 7) is 0.775. The molecular formula is C23H20NO3P. The van der Waals surface area contributed by atoms with Crippen LogP contribution in [0.5, 0.6) is 0 Å². The number of ether oxygens (including phenoxy) is 1. The Hall–Kier alpha value is -3.10. The standard InChI is InChI=1S/C23H20NO3P/c25-23-24(16-17-27-23)18-22(19-10-4-1-5-11-19)28(26,20-12-6-2-7-13-20)21-14-8-3-9-15-21/h1-15,18H,16-17H2/b22-18+. The second-order valence-electron chi connectivity index (χ2n) is 6.47. The molecule has 5 heteroatoms. The predicted octanol–water partition coefficient (Wildman–Crippen LogP) is 4.45. The molecule has 0 saturated carbocycles. The lowest BCUT2D eigenvalue weighted by atomic mass is 10.2. The van der Waals surface area contributed by atoms with Crippen molar-refractivity contribution >= 4 is 29.2 Å². The summed E-state index contributed by atoms with van der Waals surface area (Å²) in [5, 5.41) is 2.07. The number of cyclic esters (lactones) is 1. The summed E-state index contributed by atoms with van der Waals surface area (Å²) in [4.78, 5) is 13.6. The Bertz CT molecular complexity index is 990. The van der Waals surface area contributed by atoms with Gasteiger partial charge in [0.05, 0.1) is 6.54 Å². The van der Waals surface area contributed by atoms with Crippen molar-refractivity contribution < 1.29 is 14.1 Å². The average molecular weight is 389 g/mol. The average Bonchev–Trinajstić information content (AvgIpc) is 3.18. The number of nitrogens with zero attached hydrogens (tertiary/aromatic N) is 1. The Morgan fingerprint density at radius 3 is 1.79 bits per heavy atom. The van der Waals surface area contributed by atoms with Gasteiger partial charge in [-0.2, -0.15) is 0 Å². The molecule has 1 fully saturated rings. The van der Waals surface area contributed by atoms with E-state index < -0.39 is 13.2 Å². The Morgan fingerprint density at radius 2 is 1.32 bits per heavy atom. The fraction of sp³-hybridized carbons (Fsp3) is 0.0870. The number of carbonyl (C=O) groups excluding carboxylic acids is 1. The third-order valence-electron chi connectivity index (χ3n) is 4.72. The van der Waals surface area contributed by atoms with Gasteiger partial charge in [0.25, 0.3) is 0 Å². The first kappa shape index (κ1) is 18.3. The fourth-order valence-corrected chi connectivity index (χ4v) is 6.17. The Labute approximate surface area is 164 Å². The molecule has 4 rings (SSSR count). The molecule has 140 valence electrons. The van der Waals surface area contributed by atoms with Gasteiger partial charge in [0.15, 0.2) is 7.14 Å². The molecule has 1 aliphatic heterocycles. The maximum atomic E-state index is 14.8. The van der Waals surface area contributed by atoms with Gasteiger partial charge in [0.1, 0.15) is 6.61 Å². The Balaban J connectivity index is 1.98. The van der Waals surface area contributed by atoms with E-state index in [0.29, 0.717) is 18.5 Å². The van der Waals surface area contributed by atoms with Crippen molar-refractivity contribution in [3.63, 3.8) is 0 Å². The lowest BCUT2D eigenvalue weighted by molar-refractivity contribution is 0.166. The van der Waals surface area contributed by atoms with Crippen molar-refractivity contribution in [1.82, 2.24) is 4.90 Å². The van der Waals surface area contributed by atoms with Gasteiger partial charge >= 0.3 is 6.09 Å². The van der Waals surface area contributed by atoms with Crippen LogP contribution in [0.4, 0.5) is 4.79 Å². The highest BCUT2D eigenvalue weighted by Gasteiger charge is 2.34. The van der Waals surface area contributed by atoms with E-state index in [4.69, 9.17) is 4.74 Å². The number of rotatable bonds is 5. The fourth-order valence-electron chi connectivity index (χ4n) is 3.32. The van der Waals surface area contributed by atoms with Crippen molar-refractivity contribution in [2.24, 2.45) is 0 Å². The first-order valence-electron chi connectivity index (χ1n) is 9.12. The van der Waals surface area contributed by atoms with E-state index in [2.05, 4.69) is 0 Å². The largest absolute Gasteiger partial charge is 0.447 e. The molecule has 28 heavy (non-hydrogen) atoms. The number of hydrogen-bond acceptors (Lipinski definition) is 3. The minimum Gasteiger partial charge on any atom is -0.447 e. The number of hydrogen-bond donors (Lipinski definition) is 0. The number of carbonyl (C=O) groups is 1. The molecule has 0 unspecified atom stereocenters. The normalized spacial score (nSPS) is 14.8. The molecular weight excluding hydrogens is 369 g/mol. The highest BCUT2D eigenvalue weighted by molar-refractivity contribution is 7.87. The summed E-state index contributed by atoms with van der Waals surface area (Å²) in [5.41, 5.74) is 0.818. The molecule has 3 aromatic rings. The molecule has 1 amide bonds. The molecule has 0 radical (unpaired) electrons. The van der Waals surface area contributed by atoms with Gasteiger partial charge in [-0.15, -0.1) is 0 Å². The van der Waals surface area contributed by atoms with E-state index in [1.54, 1.807) is 6.20 Å². The van der Waals surface area contributed by atoms with Crippen LogP contribution in [0, 0.1) is 0 Å². The molecule has 1 aliphatic rings. The van der Waals surface area contributed by atoms with Crippen LogP contribution < -0.4 is 10.6 Å². The molecule has 0 N–H and O–H groups in total. The van der Waals surface area contributed by atoms with Crippen molar-refractivity contribution in [3.05, 3.63) is 103 Å². The summed E-state index contributed by atoms with van der Waals surface area (Å²) in [6, 6.07) is 28.5. The zero-order valence-electron chi connectivity index (χ0n) is 15.3. The first-order chi connectivity index (χ1) is 13.7. The van der Waals surface area contributed by atoms with E-state index in [1.807, 2.05) is 91.0 Å². The van der Waals surface area contributed by atoms with Crippen LogP contribution in [0.15, 0.2) is 97.2 Å². The maximum Gasteiger partial charge on any atom is 0.414 e. The molecule has 4 nitrogen and oxygen atoms in total. The molecule has 1 heterocycles. The van der Waals surface area contributed by atoms with Gasteiger partial charge in [-0.1, -0.05) is 91.0 Å². The summed E-state index contributed by atoms with van der Waals surface area (Å²) in [6.07, 6.45) is 1.28. The minimum absolute atomic E-state index is 0.332. The summed E-state index contributed by atoms with van der Waals surface area (Å²) in [7, 11) is -3.22. The number of benzene rings is 3. The number of amides is 1. The highest BCUT2D eigenvalue weighted by atomic mass is 31.2. The minimum atomic E-state index is -3.22. The zero-order chi connectivity index (χ0) is 19.4. The van der Waals surface area contributed by atoms with Crippen molar-refractivity contribution in [2.75, 3.05) is 13.2 Å². The highest BCUT2D eigenvalue weighted by Crippen LogP contribution is 2.56. The van der Waals surface area contributed by atoms with Gasteiger partial charge < -0.3 is 9.30 Å². The van der Waals surface area contributed by atoms with Crippen LogP contribution in [-0.4, -0.2) is 24.1 Å². The Morgan fingerprint density at radius 1 is 0.821 bits per heavy atom. The molecule has 0 atom stereocenters. The van der Waals surface area contributed by atoms with Gasteiger partial charge in [0, 0.05) is 22.1 Å². The van der Waals surface area contributed by atoms with Crippen molar-refractivity contribution in [1.29, 1.82) is 0 Å². The lowest BCUT2D eigenvalue weighted by Crippen LogP contribution is -2.21. The first-order valence-corrected chi connectivity index (χ1v) is 10.8. The van der Waals surface area contributed by atoms with E-state index >= 15 is 0 Å². The van der Waals surface area contributed by atoms with Gasteiger partial charge in [-0.3, -0.25) is 4.90 Å². The van der Waals surface area contributed by atoms with Crippen LogP contribution in [0.25, 0.3) is 5.31 Å². The van der Waals surface area contributed by atoms with Gasteiger partial charge in [0.2, 0.25) is 0 Å². The molecule has 0 spiro atoms. The van der Waals surface area contributed by atoms with E-state index in [9.17, 15) is 9.36 Å². The van der Waals surface area contributed by atoms with Crippen LogP contribution in [0.3, 0.4) is 0 Å². The Kier molecular flexibility index (Phi) is 5.14. The third kappa shape index (κ3) is 3.39. The van der Waals surface area contributed by atoms with Gasteiger partial charge in [-0.25, -0.2) is 4.79 Å². The van der Waals surface area contributed by atoms with Crippen molar-refractivity contribution in [2.45, 2.75) is 0 Å². The molecule has 0 aliphatic carbocycles. The zero-order valence-corrected chi connectivity index (χ0v) is 16.2. The smallest absolute Gasteiger partial charge is 0.414 e. The SMILES string of the molecule is O=C1OCCN1/C=C(\c1ccccc1)P(=O)(c1ccccc1)c1ccccc1.